The number of ether oxygens (including phenoxy) is 3. The number of benzene rings is 2. The van der Waals surface area contributed by atoms with Gasteiger partial charge in [-0.05, 0) is 90.5 Å². The molecule has 1 N–H and O–H groups in total. The summed E-state index contributed by atoms with van der Waals surface area (Å²) in [6, 6.07) is 16.9. The third-order valence-electron chi connectivity index (χ3n) is 4.92. The summed E-state index contributed by atoms with van der Waals surface area (Å²) in [6.07, 6.45) is 3.36. The number of hydrogen-bond donors (Lipinski definition) is 1. The van der Waals surface area contributed by atoms with E-state index in [1.807, 2.05) is 56.3 Å². The maximum Gasteiger partial charge on any atom is 0.291 e. The van der Waals surface area contributed by atoms with E-state index in [0.29, 0.717) is 42.7 Å². The van der Waals surface area contributed by atoms with Crippen molar-refractivity contribution in [3.63, 3.8) is 0 Å². The minimum absolute atomic E-state index is 0.201. The Morgan fingerprint density at radius 2 is 1.77 bits per heavy atom. The first-order valence-corrected chi connectivity index (χ1v) is 12.3. The molecule has 0 spiro atoms. The number of aromatic nitrogens is 2. The summed E-state index contributed by atoms with van der Waals surface area (Å²) in [5.41, 5.74) is 1.57. The number of anilines is 1. The van der Waals surface area contributed by atoms with Crippen LogP contribution >= 0.6 is 22.6 Å². The van der Waals surface area contributed by atoms with Gasteiger partial charge in [0.2, 0.25) is 0 Å². The zero-order valence-corrected chi connectivity index (χ0v) is 21.7. The van der Waals surface area contributed by atoms with Crippen LogP contribution in [0.25, 0.3) is 0 Å². The van der Waals surface area contributed by atoms with Gasteiger partial charge in [-0.25, -0.2) is 0 Å². The Morgan fingerprint density at radius 3 is 2.54 bits per heavy atom. The molecule has 0 saturated heterocycles. The predicted molar refractivity (Wildman–Crippen MR) is 140 cm³/mol. The van der Waals surface area contributed by atoms with Gasteiger partial charge >= 0.3 is 0 Å². The van der Waals surface area contributed by atoms with Gasteiger partial charge in [0.15, 0.2) is 17.3 Å². The zero-order chi connectivity index (χ0) is 24.6. The Balaban J connectivity index is 1.33. The van der Waals surface area contributed by atoms with E-state index in [1.165, 1.54) is 0 Å². The lowest BCUT2D eigenvalue weighted by atomic mass is 10.2. The van der Waals surface area contributed by atoms with E-state index in [2.05, 4.69) is 33.0 Å². The monoisotopic (exact) mass is 587 g/mol. The number of rotatable bonds is 11. The van der Waals surface area contributed by atoms with Crippen LogP contribution in [0, 0.1) is 3.57 Å². The van der Waals surface area contributed by atoms with Crippen LogP contribution in [-0.4, -0.2) is 28.9 Å². The van der Waals surface area contributed by atoms with Crippen molar-refractivity contribution in [1.82, 2.24) is 9.78 Å². The number of amides is 1. The highest BCUT2D eigenvalue weighted by Crippen LogP contribution is 2.29. The van der Waals surface area contributed by atoms with Gasteiger partial charge in [-0.2, -0.15) is 5.10 Å². The topological polar surface area (TPSA) is 87.8 Å². The second-order valence-corrected chi connectivity index (χ2v) is 8.78. The number of nitrogens with one attached hydrogen (secondary N) is 1. The molecule has 0 unspecified atom stereocenters. The molecule has 4 aromatic rings. The van der Waals surface area contributed by atoms with Gasteiger partial charge in [0.05, 0.1) is 31.6 Å². The van der Waals surface area contributed by atoms with Crippen LogP contribution in [0.5, 0.6) is 17.2 Å². The first kappa shape index (κ1) is 24.6. The second kappa shape index (κ2) is 11.8. The molecule has 8 nitrogen and oxygen atoms in total. The lowest BCUT2D eigenvalue weighted by Gasteiger charge is -2.12. The van der Waals surface area contributed by atoms with Crippen LogP contribution in [0.15, 0.2) is 71.4 Å². The van der Waals surface area contributed by atoms with E-state index in [9.17, 15) is 4.79 Å². The van der Waals surface area contributed by atoms with E-state index >= 15 is 0 Å². The molecule has 182 valence electrons. The fourth-order valence-electron chi connectivity index (χ4n) is 3.35. The summed E-state index contributed by atoms with van der Waals surface area (Å²) in [4.78, 5) is 12.6. The van der Waals surface area contributed by atoms with Crippen molar-refractivity contribution < 1.29 is 23.4 Å². The maximum atomic E-state index is 12.6. The first-order chi connectivity index (χ1) is 17.0. The molecule has 0 saturated carbocycles. The molecule has 2 heterocycles. The Labute approximate surface area is 217 Å². The maximum absolute atomic E-state index is 12.6. The zero-order valence-electron chi connectivity index (χ0n) is 19.5. The minimum atomic E-state index is -0.357. The molecule has 2 aromatic carbocycles. The first-order valence-electron chi connectivity index (χ1n) is 11.2. The van der Waals surface area contributed by atoms with E-state index in [4.69, 9.17) is 18.6 Å². The molecule has 35 heavy (non-hydrogen) atoms. The normalized spacial score (nSPS) is 10.7. The van der Waals surface area contributed by atoms with Crippen LogP contribution in [0.3, 0.4) is 0 Å². The second-order valence-electron chi connectivity index (χ2n) is 7.54. The molecular formula is C26H26IN3O5. The molecule has 0 radical (unpaired) electrons. The number of halogens is 1. The number of furan rings is 1. The quantitative estimate of drug-likeness (QED) is 0.225. The Bertz CT molecular complexity index is 1270. The molecule has 0 aliphatic rings. The summed E-state index contributed by atoms with van der Waals surface area (Å²) in [6.45, 7) is 5.74. The Hall–Kier alpha value is -3.47. The highest BCUT2D eigenvalue weighted by Gasteiger charge is 2.14. The number of carbonyl (C=O) groups excluding carboxylic acids is 1. The largest absolute Gasteiger partial charge is 0.490 e. The number of nitrogens with zero attached hydrogens (tertiary/aromatic N) is 2. The van der Waals surface area contributed by atoms with Gasteiger partial charge in [-0.15, -0.1) is 0 Å². The van der Waals surface area contributed by atoms with Crippen LogP contribution in [-0.2, 0) is 13.2 Å². The summed E-state index contributed by atoms with van der Waals surface area (Å²) < 4.78 is 25.5. The van der Waals surface area contributed by atoms with Crippen molar-refractivity contribution >= 4 is 34.2 Å². The SMILES string of the molecule is CCOc1ccc(Cn2cc(NC(=O)c3ccc(COc4ccc(I)cc4)o3)cn2)cc1OCC. The molecule has 0 aliphatic heterocycles. The van der Waals surface area contributed by atoms with Crippen molar-refractivity contribution in [2.24, 2.45) is 0 Å². The van der Waals surface area contributed by atoms with Gasteiger partial charge < -0.3 is 23.9 Å². The van der Waals surface area contributed by atoms with Gasteiger partial charge in [0, 0.05) is 9.77 Å². The van der Waals surface area contributed by atoms with Crippen molar-refractivity contribution in [2.75, 3.05) is 18.5 Å². The van der Waals surface area contributed by atoms with E-state index in [0.717, 1.165) is 14.9 Å². The molecule has 1 amide bonds. The molecule has 0 aliphatic carbocycles. The van der Waals surface area contributed by atoms with Crippen molar-refractivity contribution in [3.8, 4) is 17.2 Å². The Kier molecular flexibility index (Phi) is 8.30. The van der Waals surface area contributed by atoms with E-state index < -0.39 is 0 Å². The number of carbonyl (C=O) groups is 1. The molecule has 0 atom stereocenters. The van der Waals surface area contributed by atoms with Crippen LogP contribution in [0.2, 0.25) is 0 Å². The number of hydrogen-bond acceptors (Lipinski definition) is 6. The van der Waals surface area contributed by atoms with Crippen molar-refractivity contribution in [1.29, 1.82) is 0 Å². The average molecular weight is 587 g/mol. The van der Waals surface area contributed by atoms with Crippen LogP contribution in [0.4, 0.5) is 5.69 Å². The van der Waals surface area contributed by atoms with Gasteiger partial charge in [0.25, 0.3) is 5.91 Å². The van der Waals surface area contributed by atoms with Gasteiger partial charge in [0.1, 0.15) is 18.1 Å². The van der Waals surface area contributed by atoms with E-state index in [-0.39, 0.29) is 18.3 Å². The molecule has 2 aromatic heterocycles. The highest BCUT2D eigenvalue weighted by atomic mass is 127. The Morgan fingerprint density at radius 1 is 1.00 bits per heavy atom. The van der Waals surface area contributed by atoms with Crippen LogP contribution in [0.1, 0.15) is 35.7 Å². The summed E-state index contributed by atoms with van der Waals surface area (Å²) in [7, 11) is 0. The summed E-state index contributed by atoms with van der Waals surface area (Å²) >= 11 is 2.24. The molecule has 0 bridgehead atoms. The average Bonchev–Trinajstić information content (AvgIpc) is 3.50. The molecular weight excluding hydrogens is 561 g/mol. The standard InChI is InChI=1S/C26H26IN3O5/c1-3-32-23-11-5-18(13-25(23)33-4-2)15-30-16-20(14-28-30)29-26(31)24-12-10-22(35-24)17-34-21-8-6-19(27)7-9-21/h5-14,16H,3-4,15,17H2,1-2H3,(H,29,31). The lowest BCUT2D eigenvalue weighted by Crippen LogP contribution is -2.10. The third-order valence-corrected chi connectivity index (χ3v) is 5.64. The third kappa shape index (κ3) is 6.78. The lowest BCUT2D eigenvalue weighted by molar-refractivity contribution is 0.0992. The fourth-order valence-corrected chi connectivity index (χ4v) is 3.71. The molecule has 9 heteroatoms. The fraction of sp³-hybridized carbons (Fsp3) is 0.231. The highest BCUT2D eigenvalue weighted by molar-refractivity contribution is 14.1. The molecule has 0 fully saturated rings. The summed E-state index contributed by atoms with van der Waals surface area (Å²) in [5.74, 6) is 2.56. The van der Waals surface area contributed by atoms with Crippen LogP contribution < -0.4 is 19.5 Å². The predicted octanol–water partition coefficient (Wildman–Crippen LogP) is 5.76. The smallest absolute Gasteiger partial charge is 0.291 e. The van der Waals surface area contributed by atoms with Crippen molar-refractivity contribution in [2.45, 2.75) is 27.0 Å². The molecule has 4 rings (SSSR count). The minimum Gasteiger partial charge on any atom is -0.490 e. The van der Waals surface area contributed by atoms with E-state index in [1.54, 1.807) is 29.2 Å². The van der Waals surface area contributed by atoms with Gasteiger partial charge in [-0.3, -0.25) is 9.48 Å². The van der Waals surface area contributed by atoms with Crippen molar-refractivity contribution in [3.05, 3.63) is 87.6 Å². The van der Waals surface area contributed by atoms with Gasteiger partial charge in [-0.1, -0.05) is 6.07 Å². The summed E-state index contributed by atoms with van der Waals surface area (Å²) in [5, 5.41) is 7.16.